The predicted octanol–water partition coefficient (Wildman–Crippen LogP) is 3.78. The zero-order valence-electron chi connectivity index (χ0n) is 11.7. The summed E-state index contributed by atoms with van der Waals surface area (Å²) in [5, 5.41) is 0.766. The van der Waals surface area contributed by atoms with Crippen molar-refractivity contribution in [3.63, 3.8) is 0 Å². The predicted molar refractivity (Wildman–Crippen MR) is 79.3 cm³/mol. The van der Waals surface area contributed by atoms with Gasteiger partial charge in [0.2, 0.25) is 0 Å². The van der Waals surface area contributed by atoms with E-state index in [9.17, 15) is 4.79 Å². The molecule has 0 spiro atoms. The van der Waals surface area contributed by atoms with Crippen molar-refractivity contribution < 1.29 is 4.79 Å². The van der Waals surface area contributed by atoms with Crippen LogP contribution in [0, 0.1) is 11.8 Å². The van der Waals surface area contributed by atoms with Crippen LogP contribution in [0.25, 0.3) is 0 Å². The van der Waals surface area contributed by atoms with Gasteiger partial charge in [0.05, 0.1) is 0 Å². The molecule has 0 heterocycles. The van der Waals surface area contributed by atoms with E-state index in [0.29, 0.717) is 11.7 Å². The molecule has 2 unspecified atom stereocenters. The summed E-state index contributed by atoms with van der Waals surface area (Å²) in [5.74, 6) is 1.36. The van der Waals surface area contributed by atoms with Gasteiger partial charge in [-0.15, -0.1) is 0 Å². The molecule has 19 heavy (non-hydrogen) atoms. The van der Waals surface area contributed by atoms with Crippen LogP contribution in [-0.2, 0) is 11.3 Å². The van der Waals surface area contributed by atoms with Crippen LogP contribution >= 0.6 is 11.6 Å². The molecule has 1 aromatic carbocycles. The van der Waals surface area contributed by atoms with Crippen LogP contribution < -0.4 is 0 Å². The van der Waals surface area contributed by atoms with E-state index in [4.69, 9.17) is 11.6 Å². The van der Waals surface area contributed by atoms with Crippen molar-refractivity contribution in [2.24, 2.45) is 11.8 Å². The van der Waals surface area contributed by atoms with Gasteiger partial charge in [-0.2, -0.15) is 0 Å². The lowest BCUT2D eigenvalue weighted by atomic mass is 9.81. The normalized spacial score (nSPS) is 23.9. The molecule has 104 valence electrons. The lowest BCUT2D eigenvalue weighted by Gasteiger charge is -2.29. The first-order chi connectivity index (χ1) is 9.04. The van der Waals surface area contributed by atoms with Gasteiger partial charge in [0.15, 0.2) is 0 Å². The maximum Gasteiger partial charge on any atom is 0.137 e. The lowest BCUT2D eigenvalue weighted by Crippen LogP contribution is -2.34. The first kappa shape index (κ1) is 14.5. The maximum absolute atomic E-state index is 11.9. The molecule has 0 N–H and O–H groups in total. The fourth-order valence-electron chi connectivity index (χ4n) is 2.85. The van der Waals surface area contributed by atoms with E-state index < -0.39 is 0 Å². The first-order valence-corrected chi connectivity index (χ1v) is 7.38. The highest BCUT2D eigenvalue weighted by atomic mass is 35.5. The average molecular weight is 280 g/mol. The zero-order chi connectivity index (χ0) is 13.8. The van der Waals surface area contributed by atoms with E-state index in [1.54, 1.807) is 0 Å². The number of benzene rings is 1. The van der Waals surface area contributed by atoms with Gasteiger partial charge in [-0.25, -0.2) is 0 Å². The van der Waals surface area contributed by atoms with E-state index in [1.807, 2.05) is 24.3 Å². The Hall–Kier alpha value is -0.860. The van der Waals surface area contributed by atoms with Crippen LogP contribution in [0.1, 0.15) is 31.7 Å². The number of halogens is 1. The van der Waals surface area contributed by atoms with E-state index in [-0.39, 0.29) is 5.92 Å². The summed E-state index contributed by atoms with van der Waals surface area (Å²) in [6.07, 6.45) is 2.88. The Morgan fingerprint density at radius 2 is 2.00 bits per heavy atom. The number of ketones is 1. The molecule has 1 fully saturated rings. The number of Topliss-reactive ketones (excluding diaryl/α,β-unsaturated/α-hetero) is 1. The van der Waals surface area contributed by atoms with Gasteiger partial charge in [0.25, 0.3) is 0 Å². The Morgan fingerprint density at radius 1 is 1.32 bits per heavy atom. The fourth-order valence-corrected chi connectivity index (χ4v) is 2.97. The van der Waals surface area contributed by atoms with E-state index in [1.165, 1.54) is 5.56 Å². The van der Waals surface area contributed by atoms with Crippen LogP contribution in [0.5, 0.6) is 0 Å². The summed E-state index contributed by atoms with van der Waals surface area (Å²) in [5.41, 5.74) is 1.24. The summed E-state index contributed by atoms with van der Waals surface area (Å²) < 4.78 is 0. The van der Waals surface area contributed by atoms with Gasteiger partial charge in [0.1, 0.15) is 5.78 Å². The molecular formula is C16H22ClNO. The van der Waals surface area contributed by atoms with Crippen molar-refractivity contribution in [1.82, 2.24) is 4.90 Å². The smallest absolute Gasteiger partial charge is 0.137 e. The second kappa shape index (κ2) is 6.53. The largest absolute Gasteiger partial charge is 0.301 e. The van der Waals surface area contributed by atoms with Crippen molar-refractivity contribution >= 4 is 17.4 Å². The molecule has 0 saturated heterocycles. The van der Waals surface area contributed by atoms with Gasteiger partial charge >= 0.3 is 0 Å². The van der Waals surface area contributed by atoms with Crippen molar-refractivity contribution in [1.29, 1.82) is 0 Å². The Kier molecular flexibility index (Phi) is 5.00. The van der Waals surface area contributed by atoms with Gasteiger partial charge in [0, 0.05) is 30.5 Å². The zero-order valence-corrected chi connectivity index (χ0v) is 12.5. The topological polar surface area (TPSA) is 20.3 Å². The van der Waals surface area contributed by atoms with Crippen molar-refractivity contribution in [2.75, 3.05) is 13.6 Å². The molecule has 3 heteroatoms. The molecule has 0 aromatic heterocycles. The van der Waals surface area contributed by atoms with Crippen molar-refractivity contribution in [3.05, 3.63) is 34.9 Å². The molecule has 1 aromatic rings. The Balaban J connectivity index is 1.88. The van der Waals surface area contributed by atoms with Gasteiger partial charge in [-0.1, -0.05) is 30.7 Å². The minimum Gasteiger partial charge on any atom is -0.301 e. The fraction of sp³-hybridized carbons (Fsp3) is 0.562. The first-order valence-electron chi connectivity index (χ1n) is 7.00. The summed E-state index contributed by atoms with van der Waals surface area (Å²) in [6.45, 7) is 3.99. The summed E-state index contributed by atoms with van der Waals surface area (Å²) in [4.78, 5) is 14.2. The Bertz CT molecular complexity index is 429. The Morgan fingerprint density at radius 3 is 2.68 bits per heavy atom. The van der Waals surface area contributed by atoms with E-state index in [2.05, 4.69) is 18.9 Å². The van der Waals surface area contributed by atoms with Gasteiger partial charge in [-0.05, 0) is 43.5 Å². The van der Waals surface area contributed by atoms with Crippen LogP contribution in [0.3, 0.4) is 0 Å². The molecule has 2 nitrogen and oxygen atoms in total. The molecule has 1 aliphatic rings. The third kappa shape index (κ3) is 4.32. The van der Waals surface area contributed by atoms with Gasteiger partial charge in [-0.3, -0.25) is 4.79 Å². The molecule has 2 rings (SSSR count). The summed E-state index contributed by atoms with van der Waals surface area (Å²) >= 11 is 5.88. The highest BCUT2D eigenvalue weighted by Gasteiger charge is 2.27. The summed E-state index contributed by atoms with van der Waals surface area (Å²) in [6, 6.07) is 7.92. The maximum atomic E-state index is 11.9. The van der Waals surface area contributed by atoms with Crippen LogP contribution in [0.2, 0.25) is 5.02 Å². The quantitative estimate of drug-likeness (QED) is 0.836. The van der Waals surface area contributed by atoms with Crippen molar-refractivity contribution in [3.8, 4) is 0 Å². The third-order valence-electron chi connectivity index (χ3n) is 3.92. The van der Waals surface area contributed by atoms with E-state index in [0.717, 1.165) is 37.4 Å². The number of carbonyl (C=O) groups is 1. The SMILES string of the molecule is CC1CCC(=O)C(CN(C)Cc2ccc(Cl)cc2)C1. The highest BCUT2D eigenvalue weighted by molar-refractivity contribution is 6.30. The second-order valence-corrected chi connectivity index (χ2v) is 6.30. The minimum atomic E-state index is 0.223. The second-order valence-electron chi connectivity index (χ2n) is 5.87. The molecule has 0 radical (unpaired) electrons. The highest BCUT2D eigenvalue weighted by Crippen LogP contribution is 2.26. The molecular weight excluding hydrogens is 258 g/mol. The van der Waals surface area contributed by atoms with Crippen LogP contribution in [0.15, 0.2) is 24.3 Å². The number of hydrogen-bond donors (Lipinski definition) is 0. The molecule has 0 bridgehead atoms. The molecule has 1 saturated carbocycles. The third-order valence-corrected chi connectivity index (χ3v) is 4.18. The number of nitrogens with zero attached hydrogens (tertiary/aromatic N) is 1. The number of rotatable bonds is 4. The summed E-state index contributed by atoms with van der Waals surface area (Å²) in [7, 11) is 2.08. The monoisotopic (exact) mass is 279 g/mol. The minimum absolute atomic E-state index is 0.223. The molecule has 1 aliphatic carbocycles. The molecule has 0 aliphatic heterocycles. The van der Waals surface area contributed by atoms with E-state index >= 15 is 0 Å². The number of hydrogen-bond acceptors (Lipinski definition) is 2. The lowest BCUT2D eigenvalue weighted by molar-refractivity contribution is -0.126. The number of carbonyl (C=O) groups excluding carboxylic acids is 1. The molecule has 2 atom stereocenters. The van der Waals surface area contributed by atoms with Crippen molar-refractivity contribution in [2.45, 2.75) is 32.7 Å². The molecule has 0 amide bonds. The average Bonchev–Trinajstić information content (AvgIpc) is 2.37. The van der Waals surface area contributed by atoms with Crippen LogP contribution in [0.4, 0.5) is 0 Å². The standard InChI is InChI=1S/C16H22ClNO/c1-12-3-8-16(19)14(9-12)11-18(2)10-13-4-6-15(17)7-5-13/h4-7,12,14H,3,8-11H2,1-2H3. The van der Waals surface area contributed by atoms with Crippen LogP contribution in [-0.4, -0.2) is 24.3 Å². The Labute approximate surface area is 120 Å². The van der Waals surface area contributed by atoms with Gasteiger partial charge < -0.3 is 4.90 Å².